The molecule has 2 heterocycles. The lowest BCUT2D eigenvalue weighted by atomic mass is 9.81. The van der Waals surface area contributed by atoms with E-state index < -0.39 is 12.0 Å². The van der Waals surface area contributed by atoms with Gasteiger partial charge in [-0.25, -0.2) is 4.39 Å². The summed E-state index contributed by atoms with van der Waals surface area (Å²) >= 11 is 1.49. The maximum atomic E-state index is 13.5. The Hall–Kier alpha value is -3.39. The summed E-state index contributed by atoms with van der Waals surface area (Å²) in [6, 6.07) is 12.7. The van der Waals surface area contributed by atoms with E-state index in [2.05, 4.69) is 5.32 Å². The minimum atomic E-state index is -0.661. The predicted octanol–water partition coefficient (Wildman–Crippen LogP) is 4.13. The third-order valence-electron chi connectivity index (χ3n) is 5.67. The van der Waals surface area contributed by atoms with Crippen molar-refractivity contribution >= 4 is 23.2 Å². The molecule has 3 aromatic rings. The highest BCUT2D eigenvalue weighted by molar-refractivity contribution is 7.10. The fourth-order valence-corrected chi connectivity index (χ4v) is 4.95. The second kappa shape index (κ2) is 9.00. The van der Waals surface area contributed by atoms with Crippen LogP contribution in [0.1, 0.15) is 38.3 Å². The lowest BCUT2D eigenvalue weighted by molar-refractivity contribution is -0.124. The number of fused-ring (bicyclic) bond motifs is 1. The fraction of sp³-hybridized carbons (Fsp3) is 0.250. The lowest BCUT2D eigenvalue weighted by Gasteiger charge is -2.39. The molecule has 1 aromatic heterocycles. The van der Waals surface area contributed by atoms with Crippen molar-refractivity contribution in [2.75, 3.05) is 21.3 Å². The Bertz CT molecular complexity index is 1130. The molecule has 0 unspecified atom stereocenters. The number of amides is 2. The number of hydrogen-bond donors (Lipinski definition) is 1. The summed E-state index contributed by atoms with van der Waals surface area (Å²) in [6.45, 7) is 0.243. The topological polar surface area (TPSA) is 67.9 Å². The van der Waals surface area contributed by atoms with Crippen LogP contribution in [-0.4, -0.2) is 38.0 Å². The van der Waals surface area contributed by atoms with Crippen molar-refractivity contribution < 1.29 is 23.5 Å². The van der Waals surface area contributed by atoms with Gasteiger partial charge in [-0.05, 0) is 46.8 Å². The van der Waals surface area contributed by atoms with Crippen LogP contribution in [0, 0.1) is 5.82 Å². The van der Waals surface area contributed by atoms with Crippen LogP contribution in [0.3, 0.4) is 0 Å². The lowest BCUT2D eigenvalue weighted by Crippen LogP contribution is -2.45. The summed E-state index contributed by atoms with van der Waals surface area (Å²) < 4.78 is 24.0. The molecule has 0 spiro atoms. The number of thiophene rings is 1. The van der Waals surface area contributed by atoms with E-state index >= 15 is 0 Å². The zero-order valence-corrected chi connectivity index (χ0v) is 18.7. The molecule has 0 radical (unpaired) electrons. The molecule has 2 aromatic carbocycles. The molecule has 2 atom stereocenters. The minimum Gasteiger partial charge on any atom is -0.493 e. The van der Waals surface area contributed by atoms with Crippen LogP contribution in [0.4, 0.5) is 4.39 Å². The summed E-state index contributed by atoms with van der Waals surface area (Å²) in [5.74, 6) is -0.549. The summed E-state index contributed by atoms with van der Waals surface area (Å²) in [5, 5.41) is 4.88. The number of carbonyl (C=O) groups is 2. The van der Waals surface area contributed by atoms with E-state index in [4.69, 9.17) is 9.47 Å². The van der Waals surface area contributed by atoms with E-state index in [1.807, 2.05) is 17.5 Å². The van der Waals surface area contributed by atoms with Crippen molar-refractivity contribution in [2.45, 2.75) is 18.5 Å². The third-order valence-corrected chi connectivity index (χ3v) is 6.61. The van der Waals surface area contributed by atoms with Crippen LogP contribution in [0.15, 0.2) is 53.9 Å². The SMILES string of the molecule is COc1cc2c(cc1OC)[C@H](C(=O)NCc1ccc(F)cc1)[C@H](c1cccs1)N(C)C2=O. The van der Waals surface area contributed by atoms with Gasteiger partial charge in [-0.15, -0.1) is 11.3 Å². The van der Waals surface area contributed by atoms with Gasteiger partial charge in [0.2, 0.25) is 5.91 Å². The Morgan fingerprint density at radius 3 is 2.44 bits per heavy atom. The van der Waals surface area contributed by atoms with Gasteiger partial charge in [-0.3, -0.25) is 9.59 Å². The van der Waals surface area contributed by atoms with Crippen LogP contribution >= 0.6 is 11.3 Å². The van der Waals surface area contributed by atoms with Gasteiger partial charge in [-0.2, -0.15) is 0 Å². The Morgan fingerprint density at radius 1 is 1.12 bits per heavy atom. The van der Waals surface area contributed by atoms with Crippen LogP contribution in [0.5, 0.6) is 11.5 Å². The number of nitrogens with zero attached hydrogens (tertiary/aromatic N) is 1. The van der Waals surface area contributed by atoms with Gasteiger partial charge in [0.25, 0.3) is 5.91 Å². The standard InChI is InChI=1S/C24H23FN2O4S/c1-27-22(20-5-4-10-32-20)21(23(28)26-13-14-6-8-15(25)9-7-14)16-11-18(30-2)19(31-3)12-17(16)24(27)29/h4-12,21-22H,13H2,1-3H3,(H,26,28)/t21-,22-/m0/s1. The first-order valence-electron chi connectivity index (χ1n) is 10.0. The molecule has 0 aliphatic carbocycles. The summed E-state index contributed by atoms with van der Waals surface area (Å²) in [7, 11) is 4.72. The van der Waals surface area contributed by atoms with Crippen molar-refractivity contribution in [3.05, 3.63) is 81.3 Å². The number of nitrogens with one attached hydrogen (secondary N) is 1. The van der Waals surface area contributed by atoms with Gasteiger partial charge >= 0.3 is 0 Å². The second-order valence-electron chi connectivity index (χ2n) is 7.49. The average Bonchev–Trinajstić information content (AvgIpc) is 3.34. The highest BCUT2D eigenvalue weighted by atomic mass is 32.1. The first-order valence-corrected chi connectivity index (χ1v) is 10.9. The minimum absolute atomic E-state index is 0.193. The van der Waals surface area contributed by atoms with Gasteiger partial charge in [-0.1, -0.05) is 18.2 Å². The molecule has 0 fully saturated rings. The third kappa shape index (κ3) is 3.93. The number of hydrogen-bond acceptors (Lipinski definition) is 5. The molecule has 0 bridgehead atoms. The van der Waals surface area contributed by atoms with Crippen LogP contribution in [0.2, 0.25) is 0 Å². The van der Waals surface area contributed by atoms with Crippen LogP contribution in [-0.2, 0) is 11.3 Å². The summed E-state index contributed by atoms with van der Waals surface area (Å²) in [6.07, 6.45) is 0. The first kappa shape index (κ1) is 21.8. The van der Waals surface area contributed by atoms with E-state index in [-0.39, 0.29) is 24.2 Å². The highest BCUT2D eigenvalue weighted by Crippen LogP contribution is 2.46. The van der Waals surface area contributed by atoms with E-state index in [1.165, 1.54) is 37.7 Å². The van der Waals surface area contributed by atoms with Crippen molar-refractivity contribution in [2.24, 2.45) is 0 Å². The largest absolute Gasteiger partial charge is 0.493 e. The van der Waals surface area contributed by atoms with E-state index in [0.29, 0.717) is 22.6 Å². The number of benzene rings is 2. The van der Waals surface area contributed by atoms with Crippen molar-refractivity contribution in [3.63, 3.8) is 0 Å². The molecule has 1 aliphatic rings. The van der Waals surface area contributed by atoms with Crippen LogP contribution < -0.4 is 14.8 Å². The average molecular weight is 455 g/mol. The van der Waals surface area contributed by atoms with Gasteiger partial charge in [0, 0.05) is 24.0 Å². The van der Waals surface area contributed by atoms with Crippen molar-refractivity contribution in [1.82, 2.24) is 10.2 Å². The van der Waals surface area contributed by atoms with Crippen LogP contribution in [0.25, 0.3) is 0 Å². The molecule has 32 heavy (non-hydrogen) atoms. The fourth-order valence-electron chi connectivity index (χ4n) is 4.05. The quantitative estimate of drug-likeness (QED) is 0.608. The molecule has 1 aliphatic heterocycles. The van der Waals surface area contributed by atoms with Gasteiger partial charge in [0.1, 0.15) is 5.82 Å². The molecule has 2 amide bonds. The molecule has 0 saturated heterocycles. The molecule has 166 valence electrons. The zero-order chi connectivity index (χ0) is 22.8. The molecule has 1 N–H and O–H groups in total. The van der Waals surface area contributed by atoms with E-state index in [1.54, 1.807) is 36.2 Å². The second-order valence-corrected chi connectivity index (χ2v) is 8.47. The zero-order valence-electron chi connectivity index (χ0n) is 17.9. The monoisotopic (exact) mass is 454 g/mol. The smallest absolute Gasteiger partial charge is 0.254 e. The number of carbonyl (C=O) groups excluding carboxylic acids is 2. The van der Waals surface area contributed by atoms with Gasteiger partial charge in [0.15, 0.2) is 11.5 Å². The van der Waals surface area contributed by atoms with E-state index in [9.17, 15) is 14.0 Å². The summed E-state index contributed by atoms with van der Waals surface area (Å²) in [5.41, 5.74) is 1.76. The maximum Gasteiger partial charge on any atom is 0.254 e. The molecule has 6 nitrogen and oxygen atoms in total. The number of ether oxygens (including phenoxy) is 2. The predicted molar refractivity (Wildman–Crippen MR) is 120 cm³/mol. The maximum absolute atomic E-state index is 13.5. The molecule has 4 rings (SSSR count). The first-order chi connectivity index (χ1) is 15.4. The molecular weight excluding hydrogens is 431 g/mol. The van der Waals surface area contributed by atoms with Crippen molar-refractivity contribution in [1.29, 1.82) is 0 Å². The Balaban J connectivity index is 1.76. The Morgan fingerprint density at radius 2 is 1.81 bits per heavy atom. The van der Waals surface area contributed by atoms with Gasteiger partial charge < -0.3 is 19.7 Å². The van der Waals surface area contributed by atoms with Crippen molar-refractivity contribution in [3.8, 4) is 11.5 Å². The molecule has 0 saturated carbocycles. The number of halogens is 1. The molecule has 8 heteroatoms. The number of methoxy groups -OCH3 is 2. The Labute approximate surface area is 189 Å². The van der Waals surface area contributed by atoms with E-state index in [0.717, 1.165) is 10.4 Å². The molecular formula is C24H23FN2O4S. The number of likely N-dealkylation sites (N-methyl/N-ethyl adjacent to an activating group) is 1. The normalized spacial score (nSPS) is 17.6. The van der Waals surface area contributed by atoms with Gasteiger partial charge in [0.05, 0.1) is 26.2 Å². The number of rotatable bonds is 6. The highest BCUT2D eigenvalue weighted by Gasteiger charge is 2.44. The summed E-state index contributed by atoms with van der Waals surface area (Å²) in [4.78, 5) is 29.3. The Kier molecular flexibility index (Phi) is 6.14.